The Labute approximate surface area is 179 Å². The van der Waals surface area contributed by atoms with Crippen molar-refractivity contribution in [1.29, 1.82) is 0 Å². The van der Waals surface area contributed by atoms with Crippen molar-refractivity contribution in [3.63, 3.8) is 0 Å². The lowest BCUT2D eigenvalue weighted by molar-refractivity contribution is -0.116. The van der Waals surface area contributed by atoms with Crippen molar-refractivity contribution >= 4 is 5.78 Å². The van der Waals surface area contributed by atoms with E-state index in [4.69, 9.17) is 0 Å². The van der Waals surface area contributed by atoms with Crippen molar-refractivity contribution in [2.75, 3.05) is 0 Å². The Morgan fingerprint density at radius 2 is 1.72 bits per heavy atom. The Morgan fingerprint density at radius 3 is 2.45 bits per heavy atom. The summed E-state index contributed by atoms with van der Waals surface area (Å²) in [5.74, 6) is 4.25. The Kier molecular flexibility index (Phi) is 5.50. The Balaban J connectivity index is 1.60. The van der Waals surface area contributed by atoms with Crippen LogP contribution < -0.4 is 0 Å². The fourth-order valence-corrected chi connectivity index (χ4v) is 7.33. The van der Waals surface area contributed by atoms with E-state index in [-0.39, 0.29) is 5.41 Å². The van der Waals surface area contributed by atoms with Gasteiger partial charge in [0.15, 0.2) is 5.78 Å². The molecule has 29 heavy (non-hydrogen) atoms. The zero-order chi connectivity index (χ0) is 21.0. The van der Waals surface area contributed by atoms with E-state index in [1.165, 1.54) is 44.1 Å². The van der Waals surface area contributed by atoms with E-state index in [1.54, 1.807) is 11.1 Å². The predicted octanol–water partition coefficient (Wildman–Crippen LogP) is 7.68. The van der Waals surface area contributed by atoms with E-state index in [9.17, 15) is 4.79 Å². The molecule has 1 saturated carbocycles. The molecule has 0 spiro atoms. The van der Waals surface area contributed by atoms with Gasteiger partial charge in [-0.05, 0) is 89.7 Å². The highest BCUT2D eigenvalue weighted by Crippen LogP contribution is 2.63. The normalized spacial score (nSPS) is 38.4. The van der Waals surface area contributed by atoms with Crippen LogP contribution in [0.3, 0.4) is 0 Å². The van der Waals surface area contributed by atoms with Crippen molar-refractivity contribution in [2.24, 2.45) is 40.4 Å². The van der Waals surface area contributed by atoms with Crippen molar-refractivity contribution in [3.05, 3.63) is 34.9 Å². The highest BCUT2D eigenvalue weighted by Gasteiger charge is 2.53. The number of ketones is 1. The van der Waals surface area contributed by atoms with Crippen LogP contribution in [0.4, 0.5) is 0 Å². The van der Waals surface area contributed by atoms with Gasteiger partial charge in [-0.15, -0.1) is 0 Å². The van der Waals surface area contributed by atoms with Gasteiger partial charge in [0.2, 0.25) is 0 Å². The standard InChI is InChI=1S/C28H42O/c1-18(2)19(3)7-8-20(4)24-11-12-25-23-10-9-21-17-22(29)13-15-27(21,5)26(23)14-16-28(24,25)6/h9-10,17-20,24,26H,7-8,11-16H2,1-6H3. The van der Waals surface area contributed by atoms with E-state index in [0.717, 1.165) is 36.5 Å². The van der Waals surface area contributed by atoms with Gasteiger partial charge in [-0.2, -0.15) is 0 Å². The maximum atomic E-state index is 12.0. The average molecular weight is 395 g/mol. The Hall–Kier alpha value is -1.11. The van der Waals surface area contributed by atoms with Crippen LogP contribution in [0.25, 0.3) is 0 Å². The molecule has 4 aliphatic carbocycles. The van der Waals surface area contributed by atoms with Crippen molar-refractivity contribution in [3.8, 4) is 0 Å². The molecule has 1 nitrogen and oxygen atoms in total. The monoisotopic (exact) mass is 394 g/mol. The molecule has 0 N–H and O–H groups in total. The molecule has 0 heterocycles. The second-order valence-corrected chi connectivity index (χ2v) is 11.7. The van der Waals surface area contributed by atoms with E-state index in [2.05, 4.69) is 53.7 Å². The molecule has 1 heteroatoms. The van der Waals surface area contributed by atoms with Gasteiger partial charge in [0.1, 0.15) is 0 Å². The molecular weight excluding hydrogens is 352 g/mol. The molecule has 0 aromatic carbocycles. The van der Waals surface area contributed by atoms with Crippen LogP contribution in [0.1, 0.15) is 92.9 Å². The van der Waals surface area contributed by atoms with Crippen LogP contribution in [-0.4, -0.2) is 5.78 Å². The largest absolute Gasteiger partial charge is 0.295 e. The zero-order valence-corrected chi connectivity index (χ0v) is 19.7. The second-order valence-electron chi connectivity index (χ2n) is 11.7. The van der Waals surface area contributed by atoms with E-state index >= 15 is 0 Å². The van der Waals surface area contributed by atoms with Crippen molar-refractivity contribution in [2.45, 2.75) is 92.9 Å². The lowest BCUT2D eigenvalue weighted by Gasteiger charge is -2.51. The van der Waals surface area contributed by atoms with Crippen LogP contribution in [0.5, 0.6) is 0 Å². The number of hydrogen-bond donors (Lipinski definition) is 0. The minimum Gasteiger partial charge on any atom is -0.295 e. The minimum absolute atomic E-state index is 0.183. The molecule has 0 amide bonds. The SMILES string of the molecule is CC(C)C(C)CCC(C)C1CCC2=C3C=CC4=CC(=O)CCC4(C)C3CCC21C. The average Bonchev–Trinajstić information content (AvgIpc) is 3.03. The third kappa shape index (κ3) is 3.41. The van der Waals surface area contributed by atoms with Gasteiger partial charge in [0.25, 0.3) is 0 Å². The molecule has 4 rings (SSSR count). The summed E-state index contributed by atoms with van der Waals surface area (Å²) in [4.78, 5) is 12.0. The first kappa shape index (κ1) is 21.1. The van der Waals surface area contributed by atoms with E-state index < -0.39 is 0 Å². The highest BCUT2D eigenvalue weighted by molar-refractivity contribution is 5.92. The Morgan fingerprint density at radius 1 is 0.966 bits per heavy atom. The molecule has 0 radical (unpaired) electrons. The summed E-state index contributed by atoms with van der Waals surface area (Å²) >= 11 is 0. The number of rotatable bonds is 5. The molecule has 160 valence electrons. The minimum atomic E-state index is 0.183. The number of fused-ring (bicyclic) bond motifs is 4. The summed E-state index contributed by atoms with van der Waals surface area (Å²) in [5, 5.41) is 0. The first-order chi connectivity index (χ1) is 13.7. The van der Waals surface area contributed by atoms with Gasteiger partial charge in [-0.25, -0.2) is 0 Å². The smallest absolute Gasteiger partial charge is 0.156 e. The van der Waals surface area contributed by atoms with Gasteiger partial charge >= 0.3 is 0 Å². The van der Waals surface area contributed by atoms with Gasteiger partial charge in [0.05, 0.1) is 0 Å². The van der Waals surface area contributed by atoms with E-state index in [0.29, 0.717) is 17.1 Å². The summed E-state index contributed by atoms with van der Waals surface area (Å²) in [6, 6.07) is 0. The zero-order valence-electron chi connectivity index (χ0n) is 19.7. The van der Waals surface area contributed by atoms with Gasteiger partial charge in [0, 0.05) is 6.42 Å². The fraction of sp³-hybridized carbons (Fsp3) is 0.750. The third-order valence-electron chi connectivity index (χ3n) is 9.87. The van der Waals surface area contributed by atoms with Gasteiger partial charge in [-0.1, -0.05) is 72.1 Å². The maximum absolute atomic E-state index is 12.0. The number of allylic oxidation sites excluding steroid dienone is 6. The van der Waals surface area contributed by atoms with Gasteiger partial charge in [-0.3, -0.25) is 4.79 Å². The summed E-state index contributed by atoms with van der Waals surface area (Å²) in [5.41, 5.74) is 5.34. The molecule has 6 unspecified atom stereocenters. The van der Waals surface area contributed by atoms with Crippen LogP contribution in [0, 0.1) is 40.4 Å². The van der Waals surface area contributed by atoms with Crippen LogP contribution in [0.15, 0.2) is 34.9 Å². The molecular formula is C28H42O. The summed E-state index contributed by atoms with van der Waals surface area (Å²) in [7, 11) is 0. The molecule has 0 aromatic rings. The summed E-state index contributed by atoms with van der Waals surface area (Å²) in [6.07, 6.45) is 16.5. The lowest BCUT2D eigenvalue weighted by Crippen LogP contribution is -2.41. The van der Waals surface area contributed by atoms with Gasteiger partial charge < -0.3 is 0 Å². The first-order valence-electron chi connectivity index (χ1n) is 12.3. The quantitative estimate of drug-likeness (QED) is 0.467. The van der Waals surface area contributed by atoms with Crippen LogP contribution >= 0.6 is 0 Å². The van der Waals surface area contributed by atoms with Crippen molar-refractivity contribution in [1.82, 2.24) is 0 Å². The van der Waals surface area contributed by atoms with E-state index in [1.807, 2.05) is 6.08 Å². The first-order valence-corrected chi connectivity index (χ1v) is 12.3. The molecule has 6 atom stereocenters. The molecule has 1 fully saturated rings. The van der Waals surface area contributed by atoms with Crippen LogP contribution in [0.2, 0.25) is 0 Å². The summed E-state index contributed by atoms with van der Waals surface area (Å²) in [6.45, 7) is 14.7. The Bertz CT molecular complexity index is 765. The lowest BCUT2D eigenvalue weighted by atomic mass is 9.53. The summed E-state index contributed by atoms with van der Waals surface area (Å²) < 4.78 is 0. The second kappa shape index (κ2) is 7.54. The number of hydrogen-bond acceptors (Lipinski definition) is 1. The molecule has 4 aliphatic rings. The number of carbonyl (C=O) groups is 1. The topological polar surface area (TPSA) is 17.1 Å². The third-order valence-corrected chi connectivity index (χ3v) is 9.87. The number of carbonyl (C=O) groups excluding carboxylic acids is 1. The molecule has 0 saturated heterocycles. The highest BCUT2D eigenvalue weighted by atomic mass is 16.1. The molecule has 0 aliphatic heterocycles. The van der Waals surface area contributed by atoms with Crippen molar-refractivity contribution < 1.29 is 4.79 Å². The predicted molar refractivity (Wildman–Crippen MR) is 123 cm³/mol. The maximum Gasteiger partial charge on any atom is 0.156 e. The molecule has 0 bridgehead atoms. The van der Waals surface area contributed by atoms with Crippen LogP contribution in [-0.2, 0) is 4.79 Å². The fourth-order valence-electron chi connectivity index (χ4n) is 7.33. The molecule has 0 aromatic heterocycles.